The van der Waals surface area contributed by atoms with Crippen molar-refractivity contribution in [2.45, 2.75) is 52.2 Å². The highest BCUT2D eigenvalue weighted by Crippen LogP contribution is 2.29. The SMILES string of the molecule is C[C@@H]1[C@@H](C)CCC[C@H]1NC(=O)[C@@H](C)OC(=O)c1ccc(Cl)s1. The van der Waals surface area contributed by atoms with E-state index in [1.807, 2.05) is 0 Å². The van der Waals surface area contributed by atoms with Crippen LogP contribution >= 0.6 is 22.9 Å². The van der Waals surface area contributed by atoms with Crippen LogP contribution in [-0.2, 0) is 9.53 Å². The summed E-state index contributed by atoms with van der Waals surface area (Å²) in [7, 11) is 0. The summed E-state index contributed by atoms with van der Waals surface area (Å²) in [5.41, 5.74) is 0. The molecule has 1 aliphatic carbocycles. The van der Waals surface area contributed by atoms with Gasteiger partial charge in [-0.15, -0.1) is 11.3 Å². The molecular weight excluding hydrogens is 322 g/mol. The summed E-state index contributed by atoms with van der Waals surface area (Å²) < 4.78 is 5.74. The lowest BCUT2D eigenvalue weighted by Gasteiger charge is -2.35. The Balaban J connectivity index is 1.88. The highest BCUT2D eigenvalue weighted by molar-refractivity contribution is 7.17. The van der Waals surface area contributed by atoms with E-state index in [4.69, 9.17) is 16.3 Å². The van der Waals surface area contributed by atoms with Gasteiger partial charge in [0, 0.05) is 6.04 Å². The fraction of sp³-hybridized carbons (Fsp3) is 0.625. The third-order valence-electron chi connectivity index (χ3n) is 4.46. The first-order valence-electron chi connectivity index (χ1n) is 7.65. The maximum Gasteiger partial charge on any atom is 0.349 e. The van der Waals surface area contributed by atoms with Gasteiger partial charge >= 0.3 is 5.97 Å². The number of ether oxygens (including phenoxy) is 1. The number of carbonyl (C=O) groups excluding carboxylic acids is 2. The molecule has 0 unspecified atom stereocenters. The van der Waals surface area contributed by atoms with Gasteiger partial charge in [0.15, 0.2) is 6.10 Å². The zero-order valence-electron chi connectivity index (χ0n) is 13.1. The third-order valence-corrected chi connectivity index (χ3v) is 5.67. The lowest BCUT2D eigenvalue weighted by Crippen LogP contribution is -2.47. The molecule has 0 saturated heterocycles. The predicted molar refractivity (Wildman–Crippen MR) is 88.3 cm³/mol. The van der Waals surface area contributed by atoms with Crippen molar-refractivity contribution in [3.05, 3.63) is 21.3 Å². The van der Waals surface area contributed by atoms with E-state index in [9.17, 15) is 9.59 Å². The summed E-state index contributed by atoms with van der Waals surface area (Å²) in [6, 6.07) is 3.40. The zero-order chi connectivity index (χ0) is 16.3. The molecule has 0 spiro atoms. The van der Waals surface area contributed by atoms with Crippen LogP contribution in [0.1, 0.15) is 49.7 Å². The average Bonchev–Trinajstić information content (AvgIpc) is 2.90. The number of nitrogens with one attached hydrogen (secondary N) is 1. The van der Waals surface area contributed by atoms with Crippen LogP contribution in [-0.4, -0.2) is 24.0 Å². The number of carbonyl (C=O) groups is 2. The second kappa shape index (κ2) is 7.47. The molecular formula is C16H22ClNO3S. The van der Waals surface area contributed by atoms with Crippen molar-refractivity contribution in [1.82, 2.24) is 5.32 Å². The van der Waals surface area contributed by atoms with E-state index in [-0.39, 0.29) is 11.9 Å². The first-order valence-corrected chi connectivity index (χ1v) is 8.84. The zero-order valence-corrected chi connectivity index (χ0v) is 14.7. The summed E-state index contributed by atoms with van der Waals surface area (Å²) in [5, 5.41) is 3.02. The second-order valence-electron chi connectivity index (χ2n) is 6.03. The number of halogens is 1. The summed E-state index contributed by atoms with van der Waals surface area (Å²) in [6.07, 6.45) is 2.51. The first kappa shape index (κ1) is 17.3. The smallest absolute Gasteiger partial charge is 0.349 e. The molecule has 0 radical (unpaired) electrons. The molecule has 1 aromatic heterocycles. The van der Waals surface area contributed by atoms with Crippen LogP contribution in [0, 0.1) is 11.8 Å². The van der Waals surface area contributed by atoms with Crippen LogP contribution in [0.25, 0.3) is 0 Å². The Morgan fingerprint density at radius 2 is 2.09 bits per heavy atom. The van der Waals surface area contributed by atoms with Crippen molar-refractivity contribution in [1.29, 1.82) is 0 Å². The van der Waals surface area contributed by atoms with Crippen molar-refractivity contribution in [3.8, 4) is 0 Å². The van der Waals surface area contributed by atoms with Crippen molar-refractivity contribution in [2.75, 3.05) is 0 Å². The van der Waals surface area contributed by atoms with E-state index in [0.717, 1.165) is 24.2 Å². The number of rotatable bonds is 4. The largest absolute Gasteiger partial charge is 0.448 e. The van der Waals surface area contributed by atoms with Gasteiger partial charge in [-0.1, -0.05) is 38.3 Å². The van der Waals surface area contributed by atoms with Gasteiger partial charge in [0.1, 0.15) is 4.88 Å². The molecule has 6 heteroatoms. The molecule has 1 aromatic rings. The Morgan fingerprint density at radius 3 is 2.73 bits per heavy atom. The van der Waals surface area contributed by atoms with Crippen LogP contribution in [0.15, 0.2) is 12.1 Å². The monoisotopic (exact) mass is 343 g/mol. The fourth-order valence-electron chi connectivity index (χ4n) is 2.78. The maximum absolute atomic E-state index is 12.2. The van der Waals surface area contributed by atoms with E-state index < -0.39 is 12.1 Å². The van der Waals surface area contributed by atoms with Gasteiger partial charge in [0.25, 0.3) is 5.91 Å². The van der Waals surface area contributed by atoms with Gasteiger partial charge in [-0.05, 0) is 37.3 Å². The molecule has 1 heterocycles. The number of hydrogen-bond acceptors (Lipinski definition) is 4. The normalized spacial score (nSPS) is 26.3. The first-order chi connectivity index (χ1) is 10.4. The van der Waals surface area contributed by atoms with Crippen LogP contribution in [0.4, 0.5) is 0 Å². The number of amides is 1. The molecule has 1 amide bonds. The van der Waals surface area contributed by atoms with Gasteiger partial charge in [0.05, 0.1) is 4.34 Å². The summed E-state index contributed by atoms with van der Waals surface area (Å²) >= 11 is 6.94. The molecule has 1 N–H and O–H groups in total. The topological polar surface area (TPSA) is 55.4 Å². The Morgan fingerprint density at radius 1 is 1.36 bits per heavy atom. The Hall–Kier alpha value is -1.07. The molecule has 2 rings (SSSR count). The van der Waals surface area contributed by atoms with Crippen molar-refractivity contribution >= 4 is 34.8 Å². The minimum atomic E-state index is -0.808. The fourth-order valence-corrected chi connectivity index (χ4v) is 3.71. The summed E-state index contributed by atoms with van der Waals surface area (Å²) in [4.78, 5) is 24.6. The Bertz CT molecular complexity index is 545. The van der Waals surface area contributed by atoms with Gasteiger partial charge < -0.3 is 10.1 Å². The lowest BCUT2D eigenvalue weighted by molar-refractivity contribution is -0.130. The van der Waals surface area contributed by atoms with Gasteiger partial charge in [-0.3, -0.25) is 4.79 Å². The Labute approximate surface area is 140 Å². The minimum absolute atomic E-state index is 0.161. The van der Waals surface area contributed by atoms with Gasteiger partial charge in [0.2, 0.25) is 0 Å². The number of esters is 1. The number of hydrogen-bond donors (Lipinski definition) is 1. The van der Waals surface area contributed by atoms with Crippen LogP contribution in [0.3, 0.4) is 0 Å². The van der Waals surface area contributed by atoms with Crippen LogP contribution in [0.5, 0.6) is 0 Å². The quantitative estimate of drug-likeness (QED) is 0.844. The van der Waals surface area contributed by atoms with Crippen molar-refractivity contribution in [2.24, 2.45) is 11.8 Å². The van der Waals surface area contributed by atoms with Crippen molar-refractivity contribution < 1.29 is 14.3 Å². The molecule has 4 nitrogen and oxygen atoms in total. The molecule has 1 saturated carbocycles. The van der Waals surface area contributed by atoms with E-state index in [0.29, 0.717) is 21.0 Å². The highest BCUT2D eigenvalue weighted by Gasteiger charge is 2.30. The van der Waals surface area contributed by atoms with E-state index >= 15 is 0 Å². The molecule has 1 fully saturated rings. The minimum Gasteiger partial charge on any atom is -0.448 e. The highest BCUT2D eigenvalue weighted by atomic mass is 35.5. The molecule has 0 aromatic carbocycles. The molecule has 22 heavy (non-hydrogen) atoms. The predicted octanol–water partition coefficient (Wildman–Crippen LogP) is 3.89. The summed E-state index contributed by atoms with van der Waals surface area (Å²) in [6.45, 7) is 5.98. The molecule has 122 valence electrons. The van der Waals surface area contributed by atoms with Crippen molar-refractivity contribution in [3.63, 3.8) is 0 Å². The van der Waals surface area contributed by atoms with Gasteiger partial charge in [-0.2, -0.15) is 0 Å². The lowest BCUT2D eigenvalue weighted by atomic mass is 9.78. The average molecular weight is 344 g/mol. The standard InChI is InChI=1S/C16H22ClNO3S/c1-9-5-4-6-12(10(9)2)18-15(19)11(3)21-16(20)13-7-8-14(17)22-13/h7-12H,4-6H2,1-3H3,(H,18,19)/t9-,10+,11+,12+/m0/s1. The van der Waals surface area contributed by atoms with E-state index in [1.165, 1.54) is 6.42 Å². The Kier molecular flexibility index (Phi) is 5.87. The number of thiophene rings is 1. The second-order valence-corrected chi connectivity index (χ2v) is 7.75. The molecule has 0 bridgehead atoms. The van der Waals surface area contributed by atoms with E-state index in [1.54, 1.807) is 19.1 Å². The summed E-state index contributed by atoms with van der Waals surface area (Å²) in [5.74, 6) is 0.299. The van der Waals surface area contributed by atoms with E-state index in [2.05, 4.69) is 19.2 Å². The molecule has 4 atom stereocenters. The van der Waals surface area contributed by atoms with Crippen LogP contribution < -0.4 is 5.32 Å². The van der Waals surface area contributed by atoms with Crippen LogP contribution in [0.2, 0.25) is 4.34 Å². The maximum atomic E-state index is 12.2. The molecule has 1 aliphatic rings. The third kappa shape index (κ3) is 4.23. The van der Waals surface area contributed by atoms with Gasteiger partial charge in [-0.25, -0.2) is 4.79 Å². The molecule has 0 aliphatic heterocycles.